The van der Waals surface area contributed by atoms with E-state index >= 15 is 0 Å². The Hall–Kier alpha value is -3.22. The zero-order valence-corrected chi connectivity index (χ0v) is 20.9. The van der Waals surface area contributed by atoms with Crippen LogP contribution in [0.2, 0.25) is 5.04 Å². The maximum atomic E-state index is 12.8. The number of nitrogens with zero attached hydrogens (tertiary/aromatic N) is 1. The van der Waals surface area contributed by atoms with Gasteiger partial charge < -0.3 is 14.4 Å². The number of carbonyl (C=O) groups excluding carboxylic acids is 1. The molecule has 3 aromatic carbocycles. The molecule has 0 bridgehead atoms. The van der Waals surface area contributed by atoms with E-state index in [2.05, 4.69) is 45.0 Å². The van der Waals surface area contributed by atoms with Crippen molar-refractivity contribution in [1.82, 2.24) is 0 Å². The van der Waals surface area contributed by atoms with Crippen LogP contribution >= 0.6 is 0 Å². The first-order valence-corrected chi connectivity index (χ1v) is 13.5. The van der Waals surface area contributed by atoms with E-state index in [0.29, 0.717) is 0 Å². The van der Waals surface area contributed by atoms with Crippen molar-refractivity contribution >= 4 is 30.4 Å². The summed E-state index contributed by atoms with van der Waals surface area (Å²) >= 11 is 0. The number of carbonyl (C=O) groups is 1. The highest BCUT2D eigenvalue weighted by Crippen LogP contribution is 2.38. The third-order valence-electron chi connectivity index (χ3n) is 6.30. The molecular formula is C28H31NO4Si. The van der Waals surface area contributed by atoms with E-state index in [1.807, 2.05) is 66.7 Å². The van der Waals surface area contributed by atoms with Crippen LogP contribution in [0.25, 0.3) is 0 Å². The maximum absolute atomic E-state index is 12.8. The minimum Gasteiger partial charge on any atom is -0.623 e. The largest absolute Gasteiger partial charge is 0.623 e. The summed E-state index contributed by atoms with van der Waals surface area (Å²) in [6.45, 7) is 6.84. The zero-order valence-electron chi connectivity index (χ0n) is 19.9. The van der Waals surface area contributed by atoms with E-state index in [4.69, 9.17) is 9.16 Å². The van der Waals surface area contributed by atoms with Crippen molar-refractivity contribution < 1.29 is 18.7 Å². The summed E-state index contributed by atoms with van der Waals surface area (Å²) in [4.78, 5) is 12.7. The third-order valence-corrected chi connectivity index (χ3v) is 11.4. The van der Waals surface area contributed by atoms with Gasteiger partial charge in [-0.2, -0.15) is 0 Å². The molecule has 1 aliphatic heterocycles. The van der Waals surface area contributed by atoms with Gasteiger partial charge in [-0.15, -0.1) is 0 Å². The molecule has 176 valence electrons. The van der Waals surface area contributed by atoms with Crippen LogP contribution in [0, 0.1) is 5.21 Å². The van der Waals surface area contributed by atoms with Crippen LogP contribution in [0.5, 0.6) is 0 Å². The molecule has 0 amide bonds. The lowest BCUT2D eigenvalue weighted by Crippen LogP contribution is -2.67. The van der Waals surface area contributed by atoms with Gasteiger partial charge in [-0.05, 0) is 21.0 Å². The maximum Gasteiger partial charge on any atom is 0.400 e. The molecule has 1 atom stereocenters. The number of esters is 1. The molecule has 0 unspecified atom stereocenters. The summed E-state index contributed by atoms with van der Waals surface area (Å²) in [6, 6.07) is 30.0. The van der Waals surface area contributed by atoms with Gasteiger partial charge in [-0.25, -0.2) is 9.53 Å². The average molecular weight is 474 g/mol. The summed E-state index contributed by atoms with van der Waals surface area (Å²) in [5.41, 5.74) is 1.01. The molecule has 34 heavy (non-hydrogen) atoms. The highest BCUT2D eigenvalue weighted by atomic mass is 28.4. The lowest BCUT2D eigenvalue weighted by atomic mass is 10.2. The van der Waals surface area contributed by atoms with Crippen LogP contribution in [0.3, 0.4) is 0 Å². The standard InChI is InChI=1S/C28H31NO4Si/c1-28(2,3)34(24-15-9-5-10-16-24,25-17-11-6-12-18-25)33-23-19-26(29(31)20-23)27(30)32-21-22-13-7-4-8-14-22/h4-18,23H,19-21H2,1-3H3/t23-/m0/s1. The average Bonchev–Trinajstić information content (AvgIpc) is 3.22. The molecule has 6 heteroatoms. The Bertz CT molecular complexity index is 1100. The van der Waals surface area contributed by atoms with Crippen LogP contribution < -0.4 is 10.4 Å². The van der Waals surface area contributed by atoms with Crippen molar-refractivity contribution in [2.75, 3.05) is 6.54 Å². The Labute approximate surface area is 202 Å². The minimum atomic E-state index is -2.81. The number of benzene rings is 3. The van der Waals surface area contributed by atoms with Gasteiger partial charge in [0.25, 0.3) is 14.0 Å². The van der Waals surface area contributed by atoms with Gasteiger partial charge in [-0.1, -0.05) is 112 Å². The third kappa shape index (κ3) is 4.83. The monoisotopic (exact) mass is 473 g/mol. The number of ether oxygens (including phenoxy) is 1. The van der Waals surface area contributed by atoms with Crippen LogP contribution in [0.4, 0.5) is 0 Å². The molecule has 0 radical (unpaired) electrons. The first-order chi connectivity index (χ1) is 16.3. The lowest BCUT2D eigenvalue weighted by Gasteiger charge is -2.44. The number of rotatable bonds is 7. The predicted octanol–water partition coefficient (Wildman–Crippen LogP) is 4.03. The minimum absolute atomic E-state index is 0.111. The van der Waals surface area contributed by atoms with E-state index in [1.54, 1.807) is 0 Å². The Balaban J connectivity index is 1.59. The van der Waals surface area contributed by atoms with Crippen LogP contribution in [-0.2, 0) is 20.6 Å². The van der Waals surface area contributed by atoms with Crippen molar-refractivity contribution in [3.05, 3.63) is 102 Å². The molecule has 5 nitrogen and oxygen atoms in total. The predicted molar refractivity (Wildman–Crippen MR) is 137 cm³/mol. The summed E-state index contributed by atoms with van der Waals surface area (Å²) in [5.74, 6) is -0.576. The fourth-order valence-electron chi connectivity index (χ4n) is 4.69. The molecule has 0 saturated carbocycles. The Morgan fingerprint density at radius 2 is 1.41 bits per heavy atom. The quantitative estimate of drug-likeness (QED) is 0.225. The summed E-state index contributed by atoms with van der Waals surface area (Å²) in [5, 5.41) is 14.8. The summed E-state index contributed by atoms with van der Waals surface area (Å²) in [7, 11) is -2.81. The topological polar surface area (TPSA) is 61.6 Å². The second kappa shape index (κ2) is 9.95. The highest BCUT2D eigenvalue weighted by Gasteiger charge is 2.53. The second-order valence-corrected chi connectivity index (χ2v) is 13.9. The Morgan fingerprint density at radius 3 is 1.91 bits per heavy atom. The van der Waals surface area contributed by atoms with E-state index in [0.717, 1.165) is 20.7 Å². The van der Waals surface area contributed by atoms with Crippen molar-refractivity contribution in [3.63, 3.8) is 0 Å². The van der Waals surface area contributed by atoms with Crippen LogP contribution in [0.15, 0.2) is 91.0 Å². The number of hydrogen-bond acceptors (Lipinski definition) is 4. The second-order valence-electron chi connectivity index (χ2n) is 9.68. The van der Waals surface area contributed by atoms with Gasteiger partial charge in [0.2, 0.25) is 0 Å². The zero-order chi connectivity index (χ0) is 24.2. The molecule has 0 N–H and O–H groups in total. The van der Waals surface area contributed by atoms with E-state index < -0.39 is 20.4 Å². The van der Waals surface area contributed by atoms with Gasteiger partial charge >= 0.3 is 5.97 Å². The first-order valence-electron chi connectivity index (χ1n) is 11.6. The molecule has 3 aromatic rings. The fraction of sp³-hybridized carbons (Fsp3) is 0.286. The van der Waals surface area contributed by atoms with Crippen molar-refractivity contribution in [2.24, 2.45) is 0 Å². The SMILES string of the molecule is CC(C)(C)[Si](O[C@H]1CC(C(=O)OCc2ccccc2)=[N+]([O-])C1)(c1ccccc1)c1ccccc1. The van der Waals surface area contributed by atoms with Crippen molar-refractivity contribution in [2.45, 2.75) is 44.9 Å². The Morgan fingerprint density at radius 1 is 0.912 bits per heavy atom. The van der Waals surface area contributed by atoms with Gasteiger partial charge in [0.15, 0.2) is 6.54 Å². The number of hydroxylamine groups is 1. The first kappa shape index (κ1) is 23.9. The highest BCUT2D eigenvalue weighted by molar-refractivity contribution is 6.99. The van der Waals surface area contributed by atoms with E-state index in [9.17, 15) is 10.0 Å². The molecule has 1 heterocycles. The molecular weight excluding hydrogens is 442 g/mol. The fourth-order valence-corrected chi connectivity index (χ4v) is 9.36. The molecule has 0 spiro atoms. The molecule has 1 aliphatic rings. The summed E-state index contributed by atoms with van der Waals surface area (Å²) in [6.07, 6.45) is -0.162. The molecule has 0 saturated heterocycles. The van der Waals surface area contributed by atoms with Gasteiger partial charge in [0.1, 0.15) is 12.7 Å². The van der Waals surface area contributed by atoms with Gasteiger partial charge in [0.05, 0.1) is 6.42 Å². The summed E-state index contributed by atoms with van der Waals surface area (Å²) < 4.78 is 13.2. The van der Waals surface area contributed by atoms with Crippen molar-refractivity contribution in [3.8, 4) is 0 Å². The van der Waals surface area contributed by atoms with E-state index in [-0.39, 0.29) is 30.3 Å². The van der Waals surface area contributed by atoms with Gasteiger partial charge in [0, 0.05) is 0 Å². The van der Waals surface area contributed by atoms with Gasteiger partial charge in [-0.3, -0.25) is 0 Å². The smallest absolute Gasteiger partial charge is 0.400 e. The lowest BCUT2D eigenvalue weighted by molar-refractivity contribution is -0.455. The van der Waals surface area contributed by atoms with Crippen LogP contribution in [0.1, 0.15) is 32.8 Å². The molecule has 0 aliphatic carbocycles. The molecule has 0 aromatic heterocycles. The number of hydrogen-bond donors (Lipinski definition) is 0. The normalized spacial score (nSPS) is 16.5. The molecule has 0 fully saturated rings. The van der Waals surface area contributed by atoms with E-state index in [1.165, 1.54) is 0 Å². The Kier molecular flexibility index (Phi) is 7.00. The molecule has 4 rings (SSSR count). The van der Waals surface area contributed by atoms with Crippen LogP contribution in [-0.4, -0.2) is 37.4 Å². The van der Waals surface area contributed by atoms with Crippen molar-refractivity contribution in [1.29, 1.82) is 0 Å².